The SMILES string of the molecule is CO[14C](=O)[C@H]1CC[C@H]2[C@@H]3CC=C4N(C)C(=O)CC[C@]4(C)[C@H]3CC[C@]12C. The summed E-state index contributed by atoms with van der Waals surface area (Å²) in [6.45, 7) is 4.72. The van der Waals surface area contributed by atoms with Crippen molar-refractivity contribution >= 4 is 11.9 Å². The van der Waals surface area contributed by atoms with E-state index in [0.29, 0.717) is 24.2 Å². The number of methoxy groups -OCH3 is 1. The second kappa shape index (κ2) is 5.59. The van der Waals surface area contributed by atoms with E-state index in [9.17, 15) is 9.59 Å². The average molecular weight is 347 g/mol. The summed E-state index contributed by atoms with van der Waals surface area (Å²) in [6.07, 6.45) is 9.44. The zero-order chi connectivity index (χ0) is 18.0. The molecule has 1 heterocycles. The Kier molecular flexibility index (Phi) is 3.82. The number of esters is 1. The van der Waals surface area contributed by atoms with E-state index in [1.54, 1.807) is 0 Å². The highest BCUT2D eigenvalue weighted by Gasteiger charge is 2.60. The van der Waals surface area contributed by atoms with Crippen LogP contribution in [-0.4, -0.2) is 30.9 Å². The summed E-state index contributed by atoms with van der Waals surface area (Å²) in [4.78, 5) is 26.4. The molecular weight excluding hydrogens is 316 g/mol. The standard InChI is InChI=1S/C21H31NO3/c1-20-11-9-15-13(14(20)6-7-16(20)19(24)25-4)5-8-17-21(15,2)12-10-18(23)22(17)3/h8,13-16H,5-7,9-12H2,1-4H3/t13-,14-,15-,16+,20-,21+/m0/s1/i19+2. The number of fused-ring (bicyclic) bond motifs is 5. The van der Waals surface area contributed by atoms with Gasteiger partial charge < -0.3 is 9.64 Å². The Morgan fingerprint density at radius 2 is 1.96 bits per heavy atom. The summed E-state index contributed by atoms with van der Waals surface area (Å²) in [5, 5.41) is 0. The van der Waals surface area contributed by atoms with Crippen molar-refractivity contribution in [1.82, 2.24) is 4.90 Å². The van der Waals surface area contributed by atoms with Crippen LogP contribution in [0.4, 0.5) is 0 Å². The molecule has 2 saturated carbocycles. The zero-order valence-electron chi connectivity index (χ0n) is 16.0. The van der Waals surface area contributed by atoms with Gasteiger partial charge in [-0.1, -0.05) is 19.9 Å². The van der Waals surface area contributed by atoms with Crippen molar-refractivity contribution in [3.63, 3.8) is 0 Å². The van der Waals surface area contributed by atoms with E-state index in [2.05, 4.69) is 19.9 Å². The maximum atomic E-state index is 12.3. The number of amides is 1. The predicted molar refractivity (Wildman–Crippen MR) is 95.4 cm³/mol. The molecule has 0 bridgehead atoms. The summed E-state index contributed by atoms with van der Waals surface area (Å²) < 4.78 is 5.12. The van der Waals surface area contributed by atoms with Crippen LogP contribution in [0.2, 0.25) is 0 Å². The van der Waals surface area contributed by atoms with Crippen molar-refractivity contribution in [2.24, 2.45) is 34.5 Å². The molecular formula is C21H31NO3. The summed E-state index contributed by atoms with van der Waals surface area (Å²) in [7, 11) is 3.47. The van der Waals surface area contributed by atoms with Crippen molar-refractivity contribution in [3.8, 4) is 0 Å². The lowest BCUT2D eigenvalue weighted by atomic mass is 9.49. The van der Waals surface area contributed by atoms with Crippen molar-refractivity contribution in [2.75, 3.05) is 14.2 Å². The molecule has 0 unspecified atom stereocenters. The van der Waals surface area contributed by atoms with Crippen LogP contribution in [0.3, 0.4) is 0 Å². The lowest BCUT2D eigenvalue weighted by Crippen LogP contribution is -2.54. The number of nitrogens with zero attached hydrogens (tertiary/aromatic N) is 1. The minimum atomic E-state index is -0.00954. The van der Waals surface area contributed by atoms with Crippen LogP contribution in [0.5, 0.6) is 0 Å². The Bertz CT molecular complexity index is 641. The molecule has 0 radical (unpaired) electrons. The van der Waals surface area contributed by atoms with Crippen LogP contribution in [0.1, 0.15) is 58.8 Å². The zero-order valence-corrected chi connectivity index (χ0v) is 16.0. The Morgan fingerprint density at radius 3 is 2.68 bits per heavy atom. The number of carbonyl (C=O) groups excluding carboxylic acids is 2. The van der Waals surface area contributed by atoms with E-state index < -0.39 is 0 Å². The molecule has 0 aromatic rings. The molecule has 138 valence electrons. The van der Waals surface area contributed by atoms with E-state index in [4.69, 9.17) is 4.74 Å². The van der Waals surface area contributed by atoms with E-state index in [1.807, 2.05) is 11.9 Å². The summed E-state index contributed by atoms with van der Waals surface area (Å²) in [5.74, 6) is 2.20. The number of carbonyl (C=O) groups is 2. The third-order valence-corrected chi connectivity index (χ3v) is 8.50. The monoisotopic (exact) mass is 347 g/mol. The molecule has 0 aromatic heterocycles. The Hall–Kier alpha value is -1.32. The molecule has 0 spiro atoms. The fourth-order valence-electron chi connectivity index (χ4n) is 7.11. The number of piperidine rings is 1. The summed E-state index contributed by atoms with van der Waals surface area (Å²) in [6, 6.07) is 0. The van der Waals surface area contributed by atoms with Crippen LogP contribution in [-0.2, 0) is 14.3 Å². The normalized spacial score (nSPS) is 46.0. The molecule has 4 heteroatoms. The largest absolute Gasteiger partial charge is 0.469 e. The highest BCUT2D eigenvalue weighted by atomic mass is 16.8. The maximum absolute atomic E-state index is 12.3. The molecule has 4 rings (SSSR count). The first kappa shape index (κ1) is 17.1. The van der Waals surface area contributed by atoms with Crippen molar-refractivity contribution < 1.29 is 14.3 Å². The van der Waals surface area contributed by atoms with Gasteiger partial charge in [-0.05, 0) is 61.7 Å². The summed E-state index contributed by atoms with van der Waals surface area (Å²) >= 11 is 0. The van der Waals surface area contributed by atoms with Crippen LogP contribution in [0, 0.1) is 34.5 Å². The second-order valence-corrected chi connectivity index (χ2v) is 9.27. The first-order valence-corrected chi connectivity index (χ1v) is 9.88. The number of hydrogen-bond acceptors (Lipinski definition) is 3. The first-order valence-electron chi connectivity index (χ1n) is 9.88. The van der Waals surface area contributed by atoms with Gasteiger partial charge in [0.25, 0.3) is 0 Å². The molecule has 0 N–H and O–H groups in total. The van der Waals surface area contributed by atoms with Gasteiger partial charge in [-0.25, -0.2) is 0 Å². The molecule has 25 heavy (non-hydrogen) atoms. The van der Waals surface area contributed by atoms with Gasteiger partial charge in [-0.15, -0.1) is 0 Å². The molecule has 4 aliphatic rings. The molecule has 6 atom stereocenters. The van der Waals surface area contributed by atoms with E-state index in [1.165, 1.54) is 19.2 Å². The topological polar surface area (TPSA) is 46.6 Å². The van der Waals surface area contributed by atoms with Gasteiger partial charge in [0, 0.05) is 24.6 Å². The van der Waals surface area contributed by atoms with Crippen LogP contribution >= 0.6 is 0 Å². The van der Waals surface area contributed by atoms with Gasteiger partial charge in [0.05, 0.1) is 13.0 Å². The first-order chi connectivity index (χ1) is 11.8. The van der Waals surface area contributed by atoms with Gasteiger partial charge in [-0.2, -0.15) is 0 Å². The van der Waals surface area contributed by atoms with Gasteiger partial charge in [0.2, 0.25) is 5.91 Å². The Morgan fingerprint density at radius 1 is 1.20 bits per heavy atom. The van der Waals surface area contributed by atoms with E-state index >= 15 is 0 Å². The quantitative estimate of drug-likeness (QED) is 0.679. The lowest BCUT2D eigenvalue weighted by Gasteiger charge is -2.58. The van der Waals surface area contributed by atoms with Crippen LogP contribution in [0.15, 0.2) is 11.8 Å². The van der Waals surface area contributed by atoms with Gasteiger partial charge >= 0.3 is 5.97 Å². The molecule has 1 saturated heterocycles. The predicted octanol–water partition coefficient (Wildman–Crippen LogP) is 3.76. The van der Waals surface area contributed by atoms with E-state index in [-0.39, 0.29) is 28.6 Å². The molecule has 3 fully saturated rings. The third kappa shape index (κ3) is 2.18. The minimum absolute atomic E-state index is 0.00954. The fourth-order valence-corrected chi connectivity index (χ4v) is 7.11. The highest BCUT2D eigenvalue weighted by molar-refractivity contribution is 5.79. The highest BCUT2D eigenvalue weighted by Crippen LogP contribution is 2.65. The Balaban J connectivity index is 1.67. The minimum Gasteiger partial charge on any atom is -0.469 e. The molecule has 1 aliphatic heterocycles. The van der Waals surface area contributed by atoms with E-state index in [0.717, 1.165) is 32.1 Å². The number of likely N-dealkylation sites (tertiary alicyclic amines) is 1. The third-order valence-electron chi connectivity index (χ3n) is 8.50. The maximum Gasteiger partial charge on any atom is 0.309 e. The molecule has 4 nitrogen and oxygen atoms in total. The second-order valence-electron chi connectivity index (χ2n) is 9.27. The van der Waals surface area contributed by atoms with Crippen LogP contribution in [0.25, 0.3) is 0 Å². The number of rotatable bonds is 1. The molecule has 0 aromatic carbocycles. The molecule has 3 aliphatic carbocycles. The average Bonchev–Trinajstić information content (AvgIpc) is 2.95. The number of hydrogen-bond donors (Lipinski definition) is 0. The van der Waals surface area contributed by atoms with Gasteiger partial charge in [0.15, 0.2) is 0 Å². The number of ether oxygens (including phenoxy) is 1. The van der Waals surface area contributed by atoms with Crippen molar-refractivity contribution in [3.05, 3.63) is 11.8 Å². The van der Waals surface area contributed by atoms with Gasteiger partial charge in [0.1, 0.15) is 0 Å². The summed E-state index contributed by atoms with van der Waals surface area (Å²) in [5.41, 5.74) is 1.47. The number of allylic oxidation sites excluding steroid dienone is 2. The lowest BCUT2D eigenvalue weighted by molar-refractivity contribution is -0.153. The smallest absolute Gasteiger partial charge is 0.309 e. The fraction of sp³-hybridized carbons (Fsp3) is 0.810. The Labute approximate surface area is 151 Å². The van der Waals surface area contributed by atoms with Crippen LogP contribution < -0.4 is 0 Å². The van der Waals surface area contributed by atoms with Crippen molar-refractivity contribution in [2.45, 2.75) is 58.8 Å². The van der Waals surface area contributed by atoms with Crippen molar-refractivity contribution in [1.29, 1.82) is 0 Å². The van der Waals surface area contributed by atoms with Gasteiger partial charge in [-0.3, -0.25) is 9.59 Å². The molecule has 1 amide bonds.